The quantitative estimate of drug-likeness (QED) is 0.0827. The van der Waals surface area contributed by atoms with Crippen molar-refractivity contribution in [1.82, 2.24) is 0 Å². The van der Waals surface area contributed by atoms with Crippen molar-refractivity contribution in [2.24, 2.45) is 0 Å². The van der Waals surface area contributed by atoms with Crippen molar-refractivity contribution in [3.8, 4) is 0 Å². The van der Waals surface area contributed by atoms with E-state index in [1.807, 2.05) is 27.7 Å². The molecule has 6 amide bonds. The van der Waals surface area contributed by atoms with E-state index in [4.69, 9.17) is 9.47 Å². The second-order valence-electron chi connectivity index (χ2n) is 12.3. The summed E-state index contributed by atoms with van der Waals surface area (Å²) in [5.74, 6) is 0. The molecule has 15 heteroatoms. The Kier molecular flexibility index (Phi) is 13.4. The van der Waals surface area contributed by atoms with Gasteiger partial charge in [-0.3, -0.25) is 10.6 Å². The number of rotatable bonds is 12. The number of nitrogens with one attached hydrogen (secondary N) is 6. The Bertz CT molecular complexity index is 1910. The van der Waals surface area contributed by atoms with Crippen LogP contribution in [0.5, 0.6) is 0 Å². The van der Waals surface area contributed by atoms with Crippen LogP contribution < -0.4 is 31.9 Å². The van der Waals surface area contributed by atoms with Gasteiger partial charge in [-0.25, -0.2) is 27.6 Å². The van der Waals surface area contributed by atoms with Crippen molar-refractivity contribution in [2.75, 3.05) is 31.9 Å². The first-order chi connectivity index (χ1) is 25.2. The van der Waals surface area contributed by atoms with E-state index < -0.39 is 34.1 Å². The first-order valence-electron chi connectivity index (χ1n) is 16.9. The van der Waals surface area contributed by atoms with Gasteiger partial charge in [0.15, 0.2) is 0 Å². The van der Waals surface area contributed by atoms with Crippen molar-refractivity contribution in [1.29, 1.82) is 0 Å². The monoisotopic (exact) mass is 744 g/mol. The maximum absolute atomic E-state index is 13.3. The first kappa shape index (κ1) is 39.7. The standard InChI is InChI=1S/C38H44N6O8S/c1-7-25(5)51-37(47)43-33-21-29(11-9-23(33)3)41-35(45)39-27-13-17-31(18-14-27)53(49,50)32-19-15-28(16-20-32)40-36(46)42-30-12-10-24(4)34(22-30)44-38(48)52-26(6)8-2/h9-22,25-26H,7-8H2,1-6H3,(H,43,47)(H,44,48)(H2,39,41,45)(H2,40,42,46). The Morgan fingerprint density at radius 3 is 1.19 bits per heavy atom. The summed E-state index contributed by atoms with van der Waals surface area (Å²) in [4.78, 5) is 49.7. The first-order valence-corrected chi connectivity index (χ1v) is 18.4. The van der Waals surface area contributed by atoms with Crippen LogP contribution in [0.4, 0.5) is 53.3 Å². The SMILES string of the molecule is CCC(C)OC(=O)Nc1cc(NC(=O)Nc2ccc(S(=O)(=O)c3ccc(NC(=O)Nc4ccc(C)c(NC(=O)OC(C)CC)c4)cc3)cc2)ccc1C. The van der Waals surface area contributed by atoms with Crippen LogP contribution in [0.1, 0.15) is 51.7 Å². The van der Waals surface area contributed by atoms with Gasteiger partial charge in [0, 0.05) is 34.1 Å². The molecule has 2 atom stereocenters. The maximum Gasteiger partial charge on any atom is 0.411 e. The van der Waals surface area contributed by atoms with E-state index in [0.29, 0.717) is 47.0 Å². The van der Waals surface area contributed by atoms with Gasteiger partial charge in [-0.05, 0) is 124 Å². The molecule has 0 aliphatic rings. The summed E-state index contributed by atoms with van der Waals surface area (Å²) in [7, 11) is -3.93. The number of hydrogen-bond acceptors (Lipinski definition) is 8. The van der Waals surface area contributed by atoms with Gasteiger partial charge in [0.2, 0.25) is 9.84 Å². The summed E-state index contributed by atoms with van der Waals surface area (Å²) >= 11 is 0. The maximum atomic E-state index is 13.3. The molecule has 0 fully saturated rings. The summed E-state index contributed by atoms with van der Waals surface area (Å²) in [6.45, 7) is 11.0. The van der Waals surface area contributed by atoms with Crippen molar-refractivity contribution < 1.29 is 37.1 Å². The molecule has 4 aromatic carbocycles. The highest BCUT2D eigenvalue weighted by molar-refractivity contribution is 7.91. The fraction of sp³-hybridized carbons (Fsp3) is 0.263. The van der Waals surface area contributed by atoms with Gasteiger partial charge < -0.3 is 30.7 Å². The molecule has 0 aromatic heterocycles. The number of aryl methyl sites for hydroxylation is 2. The zero-order valence-electron chi connectivity index (χ0n) is 30.3. The number of sulfone groups is 1. The highest BCUT2D eigenvalue weighted by Crippen LogP contribution is 2.26. The van der Waals surface area contributed by atoms with Gasteiger partial charge >= 0.3 is 24.2 Å². The van der Waals surface area contributed by atoms with Gasteiger partial charge in [0.1, 0.15) is 12.2 Å². The average molecular weight is 745 g/mol. The molecular formula is C38H44N6O8S. The number of hydrogen-bond donors (Lipinski definition) is 6. The largest absolute Gasteiger partial charge is 0.446 e. The molecule has 0 aliphatic heterocycles. The minimum Gasteiger partial charge on any atom is -0.446 e. The van der Waals surface area contributed by atoms with Crippen LogP contribution in [0.15, 0.2) is 94.7 Å². The number of amides is 6. The lowest BCUT2D eigenvalue weighted by atomic mass is 10.2. The molecule has 0 spiro atoms. The lowest BCUT2D eigenvalue weighted by molar-refractivity contribution is 0.117. The normalized spacial score (nSPS) is 12.0. The Balaban J connectivity index is 1.32. The molecule has 0 aliphatic carbocycles. The minimum atomic E-state index is -3.93. The van der Waals surface area contributed by atoms with Crippen LogP contribution in [-0.2, 0) is 19.3 Å². The summed E-state index contributed by atoms with van der Waals surface area (Å²) < 4.78 is 37.2. The van der Waals surface area contributed by atoms with Crippen molar-refractivity contribution in [3.05, 3.63) is 96.1 Å². The van der Waals surface area contributed by atoms with Crippen LogP contribution in [0.3, 0.4) is 0 Å². The molecule has 2 unspecified atom stereocenters. The van der Waals surface area contributed by atoms with Crippen molar-refractivity contribution in [3.63, 3.8) is 0 Å². The van der Waals surface area contributed by atoms with E-state index in [1.54, 1.807) is 50.2 Å². The molecule has 4 rings (SSSR count). The fourth-order valence-corrected chi connectivity index (χ4v) is 5.90. The number of anilines is 6. The summed E-state index contributed by atoms with van der Waals surface area (Å²) in [5.41, 5.74) is 4.02. The van der Waals surface area contributed by atoms with Gasteiger partial charge in [-0.2, -0.15) is 0 Å². The lowest BCUT2D eigenvalue weighted by Gasteiger charge is -2.15. The minimum absolute atomic E-state index is 0.00254. The zero-order chi connectivity index (χ0) is 38.7. The number of carbonyl (C=O) groups excluding carboxylic acids is 4. The van der Waals surface area contributed by atoms with Gasteiger partial charge in [0.05, 0.1) is 9.79 Å². The second kappa shape index (κ2) is 17.9. The highest BCUT2D eigenvalue weighted by Gasteiger charge is 2.19. The molecule has 6 N–H and O–H groups in total. The Hall–Kier alpha value is -6.09. The molecule has 0 saturated carbocycles. The molecule has 53 heavy (non-hydrogen) atoms. The Morgan fingerprint density at radius 2 is 0.849 bits per heavy atom. The van der Waals surface area contributed by atoms with E-state index in [1.165, 1.54) is 48.5 Å². The van der Waals surface area contributed by atoms with Gasteiger partial charge in [0.25, 0.3) is 0 Å². The van der Waals surface area contributed by atoms with Crippen LogP contribution in [0.25, 0.3) is 0 Å². The van der Waals surface area contributed by atoms with Crippen molar-refractivity contribution >= 4 is 68.2 Å². The van der Waals surface area contributed by atoms with Gasteiger partial charge in [-0.15, -0.1) is 0 Å². The summed E-state index contributed by atoms with van der Waals surface area (Å²) in [5, 5.41) is 16.1. The van der Waals surface area contributed by atoms with E-state index in [-0.39, 0.29) is 22.0 Å². The lowest BCUT2D eigenvalue weighted by Crippen LogP contribution is -2.21. The molecule has 4 aromatic rings. The molecule has 0 saturated heterocycles. The molecule has 280 valence electrons. The molecule has 0 heterocycles. The van der Waals surface area contributed by atoms with E-state index in [2.05, 4.69) is 31.9 Å². The number of benzene rings is 4. The van der Waals surface area contributed by atoms with Crippen molar-refractivity contribution in [2.45, 2.75) is 76.4 Å². The third-order valence-electron chi connectivity index (χ3n) is 8.08. The highest BCUT2D eigenvalue weighted by atomic mass is 32.2. The Labute approximate surface area is 309 Å². The van der Waals surface area contributed by atoms with Gasteiger partial charge in [-0.1, -0.05) is 26.0 Å². The predicted molar refractivity (Wildman–Crippen MR) is 206 cm³/mol. The van der Waals surface area contributed by atoms with Crippen LogP contribution in [0, 0.1) is 13.8 Å². The second-order valence-corrected chi connectivity index (χ2v) is 14.2. The molecule has 0 bridgehead atoms. The number of urea groups is 2. The number of ether oxygens (including phenoxy) is 2. The summed E-state index contributed by atoms with van der Waals surface area (Å²) in [6, 6.07) is 20.2. The molecular weight excluding hydrogens is 701 g/mol. The van der Waals surface area contributed by atoms with E-state index in [9.17, 15) is 27.6 Å². The number of carbonyl (C=O) groups is 4. The zero-order valence-corrected chi connectivity index (χ0v) is 31.1. The smallest absolute Gasteiger partial charge is 0.411 e. The topological polar surface area (TPSA) is 193 Å². The third-order valence-corrected chi connectivity index (χ3v) is 9.86. The molecule has 14 nitrogen and oxygen atoms in total. The van der Waals surface area contributed by atoms with Crippen LogP contribution in [-0.4, -0.2) is 44.9 Å². The predicted octanol–water partition coefficient (Wildman–Crippen LogP) is 9.12. The van der Waals surface area contributed by atoms with Crippen LogP contribution in [0.2, 0.25) is 0 Å². The molecule has 0 radical (unpaired) electrons. The van der Waals surface area contributed by atoms with E-state index in [0.717, 1.165) is 11.1 Å². The summed E-state index contributed by atoms with van der Waals surface area (Å²) in [6.07, 6.45) is -0.336. The van der Waals surface area contributed by atoms with Crippen LogP contribution >= 0.6 is 0 Å². The van der Waals surface area contributed by atoms with E-state index >= 15 is 0 Å². The average Bonchev–Trinajstić information content (AvgIpc) is 3.11. The third kappa shape index (κ3) is 11.5. The Morgan fingerprint density at radius 1 is 0.528 bits per heavy atom. The fourth-order valence-electron chi connectivity index (χ4n) is 4.64.